The van der Waals surface area contributed by atoms with E-state index in [-0.39, 0.29) is 5.91 Å². The molecular weight excluding hydrogens is 524 g/mol. The van der Waals surface area contributed by atoms with E-state index in [1.807, 2.05) is 78.8 Å². The largest absolute Gasteiger partial charge is 0.495 e. The number of likely N-dealkylation sites (N-methyl/N-ethyl adjacent to an activating group) is 1. The number of aromatic nitrogens is 2. The van der Waals surface area contributed by atoms with E-state index < -0.39 is 0 Å². The fourth-order valence-electron chi connectivity index (χ4n) is 5.46. The summed E-state index contributed by atoms with van der Waals surface area (Å²) in [6, 6.07) is 21.7. The monoisotopic (exact) mass is 554 g/mol. The highest BCUT2D eigenvalue weighted by atomic mass is 35.5. The Morgan fingerprint density at radius 1 is 1.05 bits per heavy atom. The van der Waals surface area contributed by atoms with Crippen LogP contribution in [-0.2, 0) is 6.42 Å². The molecular formula is C31H31ClN6O2. The van der Waals surface area contributed by atoms with Gasteiger partial charge < -0.3 is 25.2 Å². The lowest BCUT2D eigenvalue weighted by Gasteiger charge is -2.26. The van der Waals surface area contributed by atoms with Crippen molar-refractivity contribution >= 4 is 40.5 Å². The van der Waals surface area contributed by atoms with Crippen molar-refractivity contribution in [1.29, 1.82) is 0 Å². The second kappa shape index (κ2) is 11.2. The minimum Gasteiger partial charge on any atom is -0.495 e. The van der Waals surface area contributed by atoms with Crippen LogP contribution in [0.5, 0.6) is 5.75 Å². The third-order valence-corrected chi connectivity index (χ3v) is 7.86. The number of halogens is 1. The van der Waals surface area contributed by atoms with Gasteiger partial charge in [0.1, 0.15) is 5.75 Å². The molecule has 6 rings (SSSR count). The molecule has 8 nitrogen and oxygen atoms in total. The smallest absolute Gasteiger partial charge is 0.253 e. The number of ether oxygens (including phenoxy) is 1. The highest BCUT2D eigenvalue weighted by molar-refractivity contribution is 6.31. The number of carbonyl (C=O) groups excluding carboxylic acids is 1. The van der Waals surface area contributed by atoms with Crippen molar-refractivity contribution in [1.82, 2.24) is 20.2 Å². The number of hydrogen-bond donors (Lipinski definition) is 2. The Bertz CT molecular complexity index is 1540. The van der Waals surface area contributed by atoms with Crippen molar-refractivity contribution in [2.24, 2.45) is 0 Å². The predicted molar refractivity (Wildman–Crippen MR) is 159 cm³/mol. The molecule has 0 radical (unpaired) electrons. The van der Waals surface area contributed by atoms with E-state index >= 15 is 0 Å². The maximum absolute atomic E-state index is 12.9. The van der Waals surface area contributed by atoms with Crippen molar-refractivity contribution in [3.63, 3.8) is 0 Å². The Labute approximate surface area is 239 Å². The number of rotatable bonds is 6. The van der Waals surface area contributed by atoms with Crippen LogP contribution in [0.25, 0.3) is 11.3 Å². The summed E-state index contributed by atoms with van der Waals surface area (Å²) in [5.74, 6) is 1.34. The molecule has 1 saturated heterocycles. The average Bonchev–Trinajstić information content (AvgIpc) is 3.42. The Kier molecular flexibility index (Phi) is 7.28. The summed E-state index contributed by atoms with van der Waals surface area (Å²) >= 11 is 6.48. The van der Waals surface area contributed by atoms with Gasteiger partial charge >= 0.3 is 0 Å². The summed E-state index contributed by atoms with van der Waals surface area (Å²) in [5, 5.41) is 7.22. The number of carbonyl (C=O) groups is 1. The number of methoxy groups -OCH3 is 1. The van der Waals surface area contributed by atoms with Crippen molar-refractivity contribution < 1.29 is 9.53 Å². The van der Waals surface area contributed by atoms with E-state index in [0.717, 1.165) is 72.1 Å². The van der Waals surface area contributed by atoms with Gasteiger partial charge in [0.05, 0.1) is 24.2 Å². The number of likely N-dealkylation sites (tertiary alicyclic amines) is 1. The van der Waals surface area contributed by atoms with Crippen LogP contribution in [0, 0.1) is 0 Å². The number of para-hydroxylation sites is 2. The summed E-state index contributed by atoms with van der Waals surface area (Å²) in [6.45, 7) is 2.23. The number of fused-ring (bicyclic) bond motifs is 3. The number of benzene rings is 3. The first-order chi connectivity index (χ1) is 19.5. The van der Waals surface area contributed by atoms with Crippen LogP contribution < -0.4 is 20.3 Å². The van der Waals surface area contributed by atoms with Crippen molar-refractivity contribution in [3.8, 4) is 17.0 Å². The first-order valence-electron chi connectivity index (χ1n) is 13.4. The van der Waals surface area contributed by atoms with Gasteiger partial charge in [0.15, 0.2) is 0 Å². The second-order valence-electron chi connectivity index (χ2n) is 10.0. The van der Waals surface area contributed by atoms with Crippen molar-refractivity contribution in [3.05, 3.63) is 89.1 Å². The van der Waals surface area contributed by atoms with E-state index in [4.69, 9.17) is 21.3 Å². The maximum atomic E-state index is 12.9. The highest BCUT2D eigenvalue weighted by Crippen LogP contribution is 2.43. The van der Waals surface area contributed by atoms with E-state index in [1.54, 1.807) is 7.11 Å². The molecule has 1 fully saturated rings. The van der Waals surface area contributed by atoms with E-state index in [0.29, 0.717) is 22.6 Å². The van der Waals surface area contributed by atoms with Gasteiger partial charge in [-0.1, -0.05) is 23.7 Å². The highest BCUT2D eigenvalue weighted by Gasteiger charge is 2.27. The lowest BCUT2D eigenvalue weighted by atomic mass is 10.0. The SMILES string of the molecule is CNC1CCN(C(=O)c2ccc(Nc3ncc4c(n3)-c3ccc(Cl)cc3N(c3ccccc3OC)CC4)cc2)C1. The number of amides is 1. The van der Waals surface area contributed by atoms with Crippen LogP contribution >= 0.6 is 11.6 Å². The van der Waals surface area contributed by atoms with E-state index in [9.17, 15) is 4.79 Å². The van der Waals surface area contributed by atoms with Gasteiger partial charge in [0.2, 0.25) is 5.95 Å². The van der Waals surface area contributed by atoms with Gasteiger partial charge in [-0.15, -0.1) is 0 Å². The van der Waals surface area contributed by atoms with Gasteiger partial charge in [0, 0.05) is 53.7 Å². The summed E-state index contributed by atoms with van der Waals surface area (Å²) < 4.78 is 5.67. The molecule has 9 heteroatoms. The van der Waals surface area contributed by atoms with Crippen LogP contribution in [-0.4, -0.2) is 60.6 Å². The second-order valence-corrected chi connectivity index (χ2v) is 10.5. The first-order valence-corrected chi connectivity index (χ1v) is 13.8. The predicted octanol–water partition coefficient (Wildman–Crippen LogP) is 5.68. The minimum absolute atomic E-state index is 0.0560. The quantitative estimate of drug-likeness (QED) is 0.317. The molecule has 4 aromatic rings. The van der Waals surface area contributed by atoms with Crippen LogP contribution in [0.3, 0.4) is 0 Å². The third kappa shape index (κ3) is 5.08. The molecule has 2 N–H and O–H groups in total. The molecule has 40 heavy (non-hydrogen) atoms. The standard InChI is InChI=1S/C31H31ClN6O2/c1-33-24-14-15-37(19-24)30(39)20-7-10-23(11-8-20)35-31-34-18-21-13-16-38(26-5-3-4-6-28(26)40-2)27-17-22(32)9-12-25(27)29(21)36-31/h3-12,17-18,24,33H,13-16,19H2,1-2H3,(H,34,35,36). The van der Waals surface area contributed by atoms with Gasteiger partial charge in [-0.05, 0) is 80.1 Å². The molecule has 2 aliphatic heterocycles. The molecule has 204 valence electrons. The zero-order valence-electron chi connectivity index (χ0n) is 22.5. The molecule has 1 atom stereocenters. The lowest BCUT2D eigenvalue weighted by molar-refractivity contribution is 0.0789. The molecule has 2 aliphatic rings. The fourth-order valence-corrected chi connectivity index (χ4v) is 5.62. The van der Waals surface area contributed by atoms with E-state index in [1.165, 1.54) is 0 Å². The number of hydrogen-bond acceptors (Lipinski definition) is 7. The van der Waals surface area contributed by atoms with Crippen LogP contribution in [0.1, 0.15) is 22.3 Å². The zero-order chi connectivity index (χ0) is 27.6. The molecule has 1 amide bonds. The van der Waals surface area contributed by atoms with Crippen LogP contribution in [0.2, 0.25) is 5.02 Å². The first kappa shape index (κ1) is 26.1. The normalized spacial score (nSPS) is 16.2. The molecule has 0 spiro atoms. The lowest BCUT2D eigenvalue weighted by Crippen LogP contribution is -2.33. The zero-order valence-corrected chi connectivity index (χ0v) is 23.3. The Balaban J connectivity index is 1.27. The topological polar surface area (TPSA) is 82.6 Å². The average molecular weight is 555 g/mol. The number of nitrogens with one attached hydrogen (secondary N) is 2. The number of anilines is 4. The van der Waals surface area contributed by atoms with Gasteiger partial charge in [-0.3, -0.25) is 4.79 Å². The van der Waals surface area contributed by atoms with Gasteiger partial charge in [-0.25, -0.2) is 9.97 Å². The van der Waals surface area contributed by atoms with Crippen LogP contribution in [0.15, 0.2) is 72.9 Å². The molecule has 3 aromatic carbocycles. The Hall–Kier alpha value is -4.14. The minimum atomic E-state index is 0.0560. The molecule has 3 heterocycles. The molecule has 0 bridgehead atoms. The van der Waals surface area contributed by atoms with Gasteiger partial charge in [-0.2, -0.15) is 0 Å². The van der Waals surface area contributed by atoms with E-state index in [2.05, 4.69) is 26.6 Å². The summed E-state index contributed by atoms with van der Waals surface area (Å²) in [5.41, 5.74) is 6.31. The summed E-state index contributed by atoms with van der Waals surface area (Å²) in [4.78, 5) is 26.6. The summed E-state index contributed by atoms with van der Waals surface area (Å²) in [7, 11) is 3.62. The maximum Gasteiger partial charge on any atom is 0.253 e. The van der Waals surface area contributed by atoms with Crippen molar-refractivity contribution in [2.75, 3.05) is 44.0 Å². The molecule has 0 aliphatic carbocycles. The van der Waals surface area contributed by atoms with Gasteiger partial charge in [0.25, 0.3) is 5.91 Å². The third-order valence-electron chi connectivity index (χ3n) is 7.62. The Morgan fingerprint density at radius 2 is 1.88 bits per heavy atom. The van der Waals surface area contributed by atoms with Crippen molar-refractivity contribution in [2.45, 2.75) is 18.9 Å². The fraction of sp³-hybridized carbons (Fsp3) is 0.258. The van der Waals surface area contributed by atoms with Crippen LogP contribution in [0.4, 0.5) is 23.0 Å². The molecule has 1 unspecified atom stereocenters. The summed E-state index contributed by atoms with van der Waals surface area (Å²) in [6.07, 6.45) is 3.61. The number of nitrogens with zero attached hydrogens (tertiary/aromatic N) is 4. The molecule has 0 saturated carbocycles. The molecule has 1 aromatic heterocycles. The Morgan fingerprint density at radius 3 is 2.65 bits per heavy atom.